The summed E-state index contributed by atoms with van der Waals surface area (Å²) in [4.78, 5) is 74.9. The topological polar surface area (TPSA) is 224 Å². The van der Waals surface area contributed by atoms with Gasteiger partial charge in [-0.05, 0) is 41.5 Å². The molecule has 0 saturated heterocycles. The summed E-state index contributed by atoms with van der Waals surface area (Å²) in [6.45, 7) is 2.42. The molecule has 12 heteroatoms. The molecule has 0 unspecified atom stereocenters. The van der Waals surface area contributed by atoms with Crippen molar-refractivity contribution in [3.8, 4) is 0 Å². The number of carbonyl (C=O) groups excluding carboxylic acids is 6. The molecule has 1 saturated carbocycles. The quantitative estimate of drug-likeness (QED) is 0.236. The molecular weight excluding hydrogens is 408 g/mol. The molecular formula is C18H24O12. The fraction of sp³-hybridized carbons (Fsp3) is 0.667. The van der Waals surface area contributed by atoms with Gasteiger partial charge in [-0.3, -0.25) is 28.8 Å². The Hall–Kier alpha value is -2.22. The number of Topliss-reactive ketones (excluding diaryl/α,β-unsaturated/α-hetero) is 6. The van der Waals surface area contributed by atoms with Gasteiger partial charge in [0, 0.05) is 0 Å². The minimum absolute atomic E-state index is 0.404. The Balaban J connectivity index is 4.76. The molecule has 1 fully saturated rings. The van der Waals surface area contributed by atoms with Crippen molar-refractivity contribution in [3.05, 3.63) is 0 Å². The van der Waals surface area contributed by atoms with Crippen molar-refractivity contribution in [2.75, 3.05) is 0 Å². The van der Waals surface area contributed by atoms with Gasteiger partial charge >= 0.3 is 0 Å². The van der Waals surface area contributed by atoms with E-state index in [1.165, 1.54) is 0 Å². The Kier molecular flexibility index (Phi) is 5.71. The van der Waals surface area contributed by atoms with Crippen LogP contribution in [0.3, 0.4) is 0 Å². The Morgan fingerprint density at radius 1 is 0.333 bits per heavy atom. The number of hydrogen-bond acceptors (Lipinski definition) is 12. The molecule has 0 aromatic rings. The Morgan fingerprint density at radius 3 is 0.433 bits per heavy atom. The Bertz CT molecular complexity index is 683. The van der Waals surface area contributed by atoms with Gasteiger partial charge in [-0.25, -0.2) is 0 Å². The Labute approximate surface area is 170 Å². The third-order valence-electron chi connectivity index (χ3n) is 6.20. The monoisotopic (exact) mass is 432 g/mol. The van der Waals surface area contributed by atoms with Crippen molar-refractivity contribution in [2.45, 2.75) is 75.1 Å². The van der Waals surface area contributed by atoms with Gasteiger partial charge in [0.05, 0.1) is 0 Å². The molecule has 0 amide bonds. The second-order valence-corrected chi connectivity index (χ2v) is 7.60. The average molecular weight is 432 g/mol. The third-order valence-corrected chi connectivity index (χ3v) is 6.20. The van der Waals surface area contributed by atoms with Crippen LogP contribution < -0.4 is 0 Å². The highest BCUT2D eigenvalue weighted by atomic mass is 16.5. The van der Waals surface area contributed by atoms with E-state index in [4.69, 9.17) is 0 Å². The van der Waals surface area contributed by atoms with E-state index in [0.29, 0.717) is 41.5 Å². The van der Waals surface area contributed by atoms with Gasteiger partial charge in [-0.15, -0.1) is 0 Å². The predicted molar refractivity (Wildman–Crippen MR) is 93.8 cm³/mol. The standard InChI is InChI=1S/C18H24O12/c1-7(19)13(25)14(26,8(2)20)16(28,10(4)22)18(30,12(6)24)17(29,11(5)23)15(13,27)9(3)21/h25-30H,1-6H3. The molecule has 1 aliphatic rings. The molecule has 0 aromatic carbocycles. The van der Waals surface area contributed by atoms with Crippen LogP contribution in [0.4, 0.5) is 0 Å². The van der Waals surface area contributed by atoms with Crippen molar-refractivity contribution in [1.29, 1.82) is 0 Å². The largest absolute Gasteiger partial charge is 0.376 e. The molecule has 0 bridgehead atoms. The van der Waals surface area contributed by atoms with Crippen molar-refractivity contribution in [2.24, 2.45) is 0 Å². The molecule has 12 nitrogen and oxygen atoms in total. The van der Waals surface area contributed by atoms with Crippen LogP contribution in [0.25, 0.3) is 0 Å². The summed E-state index contributed by atoms with van der Waals surface area (Å²) in [5, 5.41) is 67.0. The molecule has 0 radical (unpaired) electrons. The number of carbonyl (C=O) groups is 6. The van der Waals surface area contributed by atoms with Crippen LogP contribution >= 0.6 is 0 Å². The van der Waals surface area contributed by atoms with Gasteiger partial charge in [-0.2, -0.15) is 0 Å². The van der Waals surface area contributed by atoms with Crippen LogP contribution in [-0.2, 0) is 28.8 Å². The molecule has 0 heterocycles. The minimum Gasteiger partial charge on any atom is -0.376 e. The summed E-state index contributed by atoms with van der Waals surface area (Å²) in [7, 11) is 0. The molecule has 1 aliphatic carbocycles. The van der Waals surface area contributed by atoms with Gasteiger partial charge in [-0.1, -0.05) is 0 Å². The SMILES string of the molecule is CC(=O)C1(O)C(O)(C(C)=O)C(O)(C(C)=O)C(O)(C(C)=O)C(O)(C(C)=O)C1(O)C(C)=O. The van der Waals surface area contributed by atoms with Gasteiger partial charge in [0.1, 0.15) is 0 Å². The zero-order valence-electron chi connectivity index (χ0n) is 17.1. The van der Waals surface area contributed by atoms with Gasteiger partial charge in [0.25, 0.3) is 0 Å². The molecule has 6 N–H and O–H groups in total. The normalized spacial score (nSPS) is 43.6. The zero-order chi connectivity index (χ0) is 24.5. The third kappa shape index (κ3) is 2.05. The zero-order valence-corrected chi connectivity index (χ0v) is 17.1. The molecule has 30 heavy (non-hydrogen) atoms. The van der Waals surface area contributed by atoms with Gasteiger partial charge < -0.3 is 30.6 Å². The van der Waals surface area contributed by atoms with Gasteiger partial charge in [0.2, 0.25) is 33.6 Å². The van der Waals surface area contributed by atoms with Crippen molar-refractivity contribution in [1.82, 2.24) is 0 Å². The fourth-order valence-electron chi connectivity index (χ4n) is 4.63. The minimum atomic E-state index is -4.28. The van der Waals surface area contributed by atoms with E-state index in [1.807, 2.05) is 0 Å². The summed E-state index contributed by atoms with van der Waals surface area (Å²) in [6, 6.07) is 0. The van der Waals surface area contributed by atoms with E-state index in [-0.39, 0.29) is 0 Å². The second-order valence-electron chi connectivity index (χ2n) is 7.60. The average Bonchev–Trinajstić information content (AvgIpc) is 2.61. The molecule has 0 aromatic heterocycles. The lowest BCUT2D eigenvalue weighted by Crippen LogP contribution is -3.01. The second kappa shape index (κ2) is 6.64. The van der Waals surface area contributed by atoms with Crippen molar-refractivity contribution >= 4 is 34.7 Å². The van der Waals surface area contributed by atoms with E-state index in [1.54, 1.807) is 0 Å². The lowest BCUT2D eigenvalue weighted by atomic mass is 9.40. The van der Waals surface area contributed by atoms with Crippen LogP contribution in [0.5, 0.6) is 0 Å². The van der Waals surface area contributed by atoms with Crippen LogP contribution in [0.1, 0.15) is 41.5 Å². The van der Waals surface area contributed by atoms with E-state index >= 15 is 0 Å². The highest BCUT2D eigenvalue weighted by Crippen LogP contribution is 2.60. The van der Waals surface area contributed by atoms with E-state index < -0.39 is 68.3 Å². The molecule has 1 rings (SSSR count). The first-order valence-corrected chi connectivity index (χ1v) is 8.57. The first-order chi connectivity index (χ1) is 13.2. The van der Waals surface area contributed by atoms with E-state index in [0.717, 1.165) is 0 Å². The highest BCUT2D eigenvalue weighted by Gasteiger charge is 2.96. The molecule has 0 spiro atoms. The first kappa shape index (κ1) is 25.8. The molecule has 168 valence electrons. The van der Waals surface area contributed by atoms with Crippen LogP contribution in [0.15, 0.2) is 0 Å². The number of ketones is 6. The maximum absolute atomic E-state index is 12.5. The number of aliphatic hydroxyl groups is 6. The van der Waals surface area contributed by atoms with Crippen LogP contribution in [-0.4, -0.2) is 98.9 Å². The Morgan fingerprint density at radius 2 is 0.400 bits per heavy atom. The summed E-state index contributed by atoms with van der Waals surface area (Å²) >= 11 is 0. The van der Waals surface area contributed by atoms with E-state index in [9.17, 15) is 59.4 Å². The lowest BCUT2D eigenvalue weighted by molar-refractivity contribution is -0.373. The lowest BCUT2D eigenvalue weighted by Gasteiger charge is -2.67. The fourth-order valence-corrected chi connectivity index (χ4v) is 4.63. The summed E-state index contributed by atoms with van der Waals surface area (Å²) < 4.78 is 0. The number of rotatable bonds is 6. The number of hydrogen-bond donors (Lipinski definition) is 6. The van der Waals surface area contributed by atoms with Gasteiger partial charge in [0.15, 0.2) is 34.7 Å². The van der Waals surface area contributed by atoms with Crippen LogP contribution in [0, 0.1) is 0 Å². The van der Waals surface area contributed by atoms with E-state index in [2.05, 4.69) is 0 Å². The van der Waals surface area contributed by atoms with Crippen LogP contribution in [0.2, 0.25) is 0 Å². The molecule has 0 aliphatic heterocycles. The maximum atomic E-state index is 12.5. The predicted octanol–water partition coefficient (Wildman–Crippen LogP) is -4.08. The first-order valence-electron chi connectivity index (χ1n) is 8.57. The smallest absolute Gasteiger partial charge is 0.201 e. The summed E-state index contributed by atoms with van der Waals surface area (Å²) in [6.07, 6.45) is 0. The summed E-state index contributed by atoms with van der Waals surface area (Å²) in [5.74, 6) is -11.2. The maximum Gasteiger partial charge on any atom is 0.201 e. The molecule has 0 atom stereocenters. The van der Waals surface area contributed by atoms with Crippen molar-refractivity contribution in [3.63, 3.8) is 0 Å². The van der Waals surface area contributed by atoms with Crippen molar-refractivity contribution < 1.29 is 59.4 Å². The summed E-state index contributed by atoms with van der Waals surface area (Å²) in [5.41, 5.74) is -25.7. The highest BCUT2D eigenvalue weighted by molar-refractivity contribution is 6.18.